The summed E-state index contributed by atoms with van der Waals surface area (Å²) < 4.78 is 0. The van der Waals surface area contributed by atoms with Gasteiger partial charge in [-0.25, -0.2) is 0 Å². The van der Waals surface area contributed by atoms with Gasteiger partial charge in [-0.05, 0) is 50.1 Å². The molecule has 1 aromatic rings. The summed E-state index contributed by atoms with van der Waals surface area (Å²) in [5.74, 6) is -3.28. The number of carbonyl (C=O) groups excluding carboxylic acids is 5. The number of nitrogens with zero attached hydrogens (tertiary/aromatic N) is 1. The molecule has 0 unspecified atom stereocenters. The Labute approximate surface area is 247 Å². The van der Waals surface area contributed by atoms with Crippen molar-refractivity contribution in [3.05, 3.63) is 35.9 Å². The van der Waals surface area contributed by atoms with Gasteiger partial charge in [0, 0.05) is 19.9 Å². The minimum atomic E-state index is -1.07. The molecule has 0 aliphatic rings. The molecule has 0 radical (unpaired) electrons. The first-order valence-corrected chi connectivity index (χ1v) is 14.1. The van der Waals surface area contributed by atoms with E-state index in [1.54, 1.807) is 13.8 Å². The lowest BCUT2D eigenvalue weighted by atomic mass is 10.0. The predicted molar refractivity (Wildman–Crippen MR) is 160 cm³/mol. The van der Waals surface area contributed by atoms with E-state index in [0.717, 1.165) is 5.56 Å². The summed E-state index contributed by atoms with van der Waals surface area (Å²) in [4.78, 5) is 67.7. The number of hydrogen-bond donors (Lipinski definition) is 8. The number of primary amides is 1. The Bertz CT molecular complexity index is 1060. The van der Waals surface area contributed by atoms with E-state index >= 15 is 0 Å². The highest BCUT2D eigenvalue weighted by molar-refractivity contribution is 5.95. The van der Waals surface area contributed by atoms with E-state index < -0.39 is 53.7 Å². The number of benzene rings is 1. The molecule has 0 aliphatic carbocycles. The molecular weight excluding hydrogens is 542 g/mol. The van der Waals surface area contributed by atoms with Crippen molar-refractivity contribution in [3.8, 4) is 0 Å². The monoisotopic (exact) mass is 589 g/mol. The van der Waals surface area contributed by atoms with E-state index in [4.69, 9.17) is 22.9 Å². The lowest BCUT2D eigenvalue weighted by Gasteiger charge is -2.27. The van der Waals surface area contributed by atoms with Crippen LogP contribution in [0.15, 0.2) is 35.3 Å². The standard InChI is InChI=1S/C28H47N9O5/c1-17(2)23(24(30)39)37-26(41)21(13-9-15-33-28(31)32)35-25(40)20(12-7-8-14-29)36-27(42)22(34-18(3)38)16-19-10-5-4-6-11-19/h4-6,10-11,17,20-23H,7-9,12-16,29H2,1-3H3,(H2,30,39)(H,34,38)(H,35,40)(H,36,42)(H,37,41)(H4,31,32,33)/t20-,21-,22-,23-/m0/s1. The molecule has 14 nitrogen and oxygen atoms in total. The van der Waals surface area contributed by atoms with Crippen LogP contribution in [0.1, 0.15) is 58.4 Å². The second-order valence-electron chi connectivity index (χ2n) is 10.4. The van der Waals surface area contributed by atoms with Gasteiger partial charge >= 0.3 is 0 Å². The third kappa shape index (κ3) is 13.9. The maximum atomic E-state index is 13.5. The minimum Gasteiger partial charge on any atom is -0.370 e. The zero-order valence-electron chi connectivity index (χ0n) is 24.7. The van der Waals surface area contributed by atoms with Crippen LogP contribution in [-0.4, -0.2) is 72.8 Å². The smallest absolute Gasteiger partial charge is 0.243 e. The Morgan fingerprint density at radius 2 is 1.31 bits per heavy atom. The molecular formula is C28H47N9O5. The normalized spacial score (nSPS) is 13.6. The van der Waals surface area contributed by atoms with Gasteiger partial charge in [-0.1, -0.05) is 44.2 Å². The summed E-state index contributed by atoms with van der Waals surface area (Å²) in [5, 5.41) is 10.7. The molecule has 0 spiro atoms. The average Bonchev–Trinajstić information content (AvgIpc) is 2.92. The molecule has 42 heavy (non-hydrogen) atoms. The molecule has 1 aromatic carbocycles. The molecule has 0 saturated heterocycles. The lowest BCUT2D eigenvalue weighted by molar-refractivity contribution is -0.134. The van der Waals surface area contributed by atoms with Crippen molar-refractivity contribution >= 4 is 35.5 Å². The Morgan fingerprint density at radius 3 is 1.81 bits per heavy atom. The summed E-state index contributed by atoms with van der Waals surface area (Å²) in [6.07, 6.45) is 2.07. The van der Waals surface area contributed by atoms with Crippen LogP contribution in [0.2, 0.25) is 0 Å². The zero-order valence-corrected chi connectivity index (χ0v) is 24.7. The molecule has 0 heterocycles. The summed E-state index contributed by atoms with van der Waals surface area (Å²) in [6.45, 7) is 5.36. The highest BCUT2D eigenvalue weighted by Gasteiger charge is 2.31. The molecule has 234 valence electrons. The van der Waals surface area contributed by atoms with Gasteiger partial charge < -0.3 is 44.2 Å². The Morgan fingerprint density at radius 1 is 0.762 bits per heavy atom. The van der Waals surface area contributed by atoms with Crippen LogP contribution in [0.25, 0.3) is 0 Å². The Kier molecular flexibility index (Phi) is 16.2. The number of aliphatic imine (C=N–C) groups is 1. The largest absolute Gasteiger partial charge is 0.370 e. The first-order chi connectivity index (χ1) is 19.8. The van der Waals surface area contributed by atoms with Crippen molar-refractivity contribution in [1.82, 2.24) is 21.3 Å². The van der Waals surface area contributed by atoms with Crippen LogP contribution < -0.4 is 44.2 Å². The fraction of sp³-hybridized carbons (Fsp3) is 0.571. The second-order valence-corrected chi connectivity index (χ2v) is 10.4. The quantitative estimate of drug-likeness (QED) is 0.0535. The number of nitrogens with one attached hydrogen (secondary N) is 4. The van der Waals surface area contributed by atoms with Crippen molar-refractivity contribution in [2.75, 3.05) is 13.1 Å². The molecule has 0 aromatic heterocycles. The lowest BCUT2D eigenvalue weighted by Crippen LogP contribution is -2.58. The summed E-state index contributed by atoms with van der Waals surface area (Å²) in [6, 6.07) is 5.15. The fourth-order valence-corrected chi connectivity index (χ4v) is 4.20. The Hall–Kier alpha value is -4.20. The summed E-state index contributed by atoms with van der Waals surface area (Å²) in [5.41, 5.74) is 22.7. The number of rotatable bonds is 19. The maximum Gasteiger partial charge on any atom is 0.243 e. The van der Waals surface area contributed by atoms with Gasteiger partial charge in [-0.3, -0.25) is 29.0 Å². The maximum absolute atomic E-state index is 13.5. The molecule has 12 N–H and O–H groups in total. The van der Waals surface area contributed by atoms with E-state index in [2.05, 4.69) is 26.3 Å². The molecule has 14 heteroatoms. The van der Waals surface area contributed by atoms with Gasteiger partial charge in [0.05, 0.1) is 0 Å². The van der Waals surface area contributed by atoms with Crippen molar-refractivity contribution in [2.45, 2.75) is 83.5 Å². The molecule has 0 bridgehead atoms. The van der Waals surface area contributed by atoms with Gasteiger partial charge in [0.15, 0.2) is 5.96 Å². The van der Waals surface area contributed by atoms with Gasteiger partial charge in [0.1, 0.15) is 24.2 Å². The van der Waals surface area contributed by atoms with Crippen LogP contribution in [-0.2, 0) is 30.4 Å². The van der Waals surface area contributed by atoms with Crippen LogP contribution in [0.5, 0.6) is 0 Å². The average molecular weight is 590 g/mol. The van der Waals surface area contributed by atoms with E-state index in [-0.39, 0.29) is 37.7 Å². The summed E-state index contributed by atoms with van der Waals surface area (Å²) in [7, 11) is 0. The van der Waals surface area contributed by atoms with E-state index in [1.807, 2.05) is 30.3 Å². The third-order valence-electron chi connectivity index (χ3n) is 6.41. The second kappa shape index (κ2) is 19.0. The number of nitrogens with two attached hydrogens (primary N) is 4. The topological polar surface area (TPSA) is 250 Å². The van der Waals surface area contributed by atoms with Crippen molar-refractivity contribution in [3.63, 3.8) is 0 Å². The highest BCUT2D eigenvalue weighted by Crippen LogP contribution is 2.09. The van der Waals surface area contributed by atoms with Crippen molar-refractivity contribution in [2.24, 2.45) is 33.8 Å². The number of amides is 5. The van der Waals surface area contributed by atoms with Gasteiger partial charge in [0.25, 0.3) is 0 Å². The molecule has 0 saturated carbocycles. The van der Waals surface area contributed by atoms with Gasteiger partial charge in [0.2, 0.25) is 29.5 Å². The van der Waals surface area contributed by atoms with E-state index in [0.29, 0.717) is 25.8 Å². The summed E-state index contributed by atoms with van der Waals surface area (Å²) >= 11 is 0. The highest BCUT2D eigenvalue weighted by atomic mass is 16.2. The minimum absolute atomic E-state index is 0.111. The number of unbranched alkanes of at least 4 members (excludes halogenated alkanes) is 1. The first-order valence-electron chi connectivity index (χ1n) is 14.1. The molecule has 4 atom stereocenters. The molecule has 0 aliphatic heterocycles. The number of carbonyl (C=O) groups is 5. The zero-order chi connectivity index (χ0) is 31.7. The van der Waals surface area contributed by atoms with Gasteiger partial charge in [-0.2, -0.15) is 0 Å². The molecule has 0 fully saturated rings. The number of hydrogen-bond acceptors (Lipinski definition) is 7. The van der Waals surface area contributed by atoms with Gasteiger partial charge in [-0.15, -0.1) is 0 Å². The van der Waals surface area contributed by atoms with Crippen molar-refractivity contribution in [1.29, 1.82) is 0 Å². The SMILES string of the molecule is CC(=O)N[C@@H](Cc1ccccc1)C(=O)N[C@@H](CCCCN)C(=O)N[C@@H](CCCN=C(N)N)C(=O)N[C@H](C(N)=O)C(C)C. The molecule has 1 rings (SSSR count). The van der Waals surface area contributed by atoms with Crippen LogP contribution in [0.3, 0.4) is 0 Å². The van der Waals surface area contributed by atoms with Crippen LogP contribution >= 0.6 is 0 Å². The molecule has 5 amide bonds. The third-order valence-corrected chi connectivity index (χ3v) is 6.41. The van der Waals surface area contributed by atoms with E-state index in [1.165, 1.54) is 6.92 Å². The van der Waals surface area contributed by atoms with Crippen LogP contribution in [0, 0.1) is 5.92 Å². The Balaban J connectivity index is 3.16. The predicted octanol–water partition coefficient (Wildman–Crippen LogP) is -1.49. The fourth-order valence-electron chi connectivity index (χ4n) is 4.20. The van der Waals surface area contributed by atoms with E-state index in [9.17, 15) is 24.0 Å². The van der Waals surface area contributed by atoms with Crippen LogP contribution in [0.4, 0.5) is 0 Å². The van der Waals surface area contributed by atoms with Crippen molar-refractivity contribution < 1.29 is 24.0 Å². The first kappa shape index (κ1) is 35.8. The number of guanidine groups is 1.